The maximum Gasteiger partial charge on any atom is 0.307 e. The van der Waals surface area contributed by atoms with Gasteiger partial charge in [0, 0.05) is 0 Å². The molecule has 1 aliphatic rings. The molecule has 0 aromatic rings. The Labute approximate surface area is 119 Å². The lowest BCUT2D eigenvalue weighted by molar-refractivity contribution is -0.144. The van der Waals surface area contributed by atoms with Crippen LogP contribution in [0.2, 0.25) is 0 Å². The highest BCUT2D eigenvalue weighted by Crippen LogP contribution is 2.53. The Bertz CT molecular complexity index is 256. The van der Waals surface area contributed by atoms with Gasteiger partial charge in [0.15, 0.2) is 0 Å². The molecule has 2 heteroatoms. The summed E-state index contributed by atoms with van der Waals surface area (Å²) in [6.07, 6.45) is 14.9. The second-order valence-corrected chi connectivity index (χ2v) is 6.66. The summed E-state index contributed by atoms with van der Waals surface area (Å²) in [6, 6.07) is 0. The molecule has 19 heavy (non-hydrogen) atoms. The molecule has 1 aliphatic carbocycles. The summed E-state index contributed by atoms with van der Waals surface area (Å²) < 4.78 is 0. The predicted octanol–water partition coefficient (Wildman–Crippen LogP) is 5.41. The van der Waals surface area contributed by atoms with Crippen molar-refractivity contribution in [2.24, 2.45) is 11.3 Å². The van der Waals surface area contributed by atoms with Crippen LogP contribution < -0.4 is 0 Å². The molecule has 1 saturated carbocycles. The first-order valence-electron chi connectivity index (χ1n) is 8.33. The van der Waals surface area contributed by atoms with Gasteiger partial charge in [-0.1, -0.05) is 71.6 Å². The summed E-state index contributed by atoms with van der Waals surface area (Å²) in [5.41, 5.74) is 0.131. The normalized spacial score (nSPS) is 18.2. The molecule has 1 rings (SSSR count). The summed E-state index contributed by atoms with van der Waals surface area (Å²) in [4.78, 5) is 11.3. The van der Waals surface area contributed by atoms with Crippen molar-refractivity contribution in [1.29, 1.82) is 0 Å². The van der Waals surface area contributed by atoms with Crippen LogP contribution in [0.5, 0.6) is 0 Å². The van der Waals surface area contributed by atoms with Crippen molar-refractivity contribution >= 4 is 5.97 Å². The molecule has 0 heterocycles. The average molecular weight is 268 g/mol. The number of unbranched alkanes of at least 4 members (excludes halogenated alkanes) is 8. The summed E-state index contributed by atoms with van der Waals surface area (Å²) in [5, 5.41) is 9.27. The predicted molar refractivity (Wildman–Crippen MR) is 80.3 cm³/mol. The second-order valence-electron chi connectivity index (χ2n) is 6.66. The van der Waals surface area contributed by atoms with Gasteiger partial charge in [-0.15, -0.1) is 0 Å². The third-order valence-corrected chi connectivity index (χ3v) is 4.77. The van der Waals surface area contributed by atoms with Gasteiger partial charge in [-0.25, -0.2) is 0 Å². The van der Waals surface area contributed by atoms with Gasteiger partial charge in [0.25, 0.3) is 0 Å². The minimum atomic E-state index is -0.570. The molecular formula is C17H32O2. The molecule has 0 spiro atoms. The Morgan fingerprint density at radius 3 is 1.89 bits per heavy atom. The number of hydrogen-bond acceptors (Lipinski definition) is 1. The molecule has 0 amide bonds. The van der Waals surface area contributed by atoms with E-state index in [1.54, 1.807) is 0 Å². The second kappa shape index (κ2) is 8.60. The molecule has 2 nitrogen and oxygen atoms in total. The maximum absolute atomic E-state index is 11.3. The molecule has 0 radical (unpaired) electrons. The highest BCUT2D eigenvalue weighted by Gasteiger charge is 2.47. The molecule has 0 bridgehead atoms. The Balaban J connectivity index is 1.96. The highest BCUT2D eigenvalue weighted by atomic mass is 16.4. The van der Waals surface area contributed by atoms with Crippen molar-refractivity contribution in [3.63, 3.8) is 0 Å². The van der Waals surface area contributed by atoms with Crippen LogP contribution in [0.25, 0.3) is 0 Å². The minimum Gasteiger partial charge on any atom is -0.481 e. The fourth-order valence-electron chi connectivity index (χ4n) is 2.97. The molecule has 1 atom stereocenters. The zero-order valence-corrected chi connectivity index (χ0v) is 12.9. The van der Waals surface area contributed by atoms with Gasteiger partial charge in [0.05, 0.1) is 5.92 Å². The van der Waals surface area contributed by atoms with Crippen molar-refractivity contribution < 1.29 is 9.90 Å². The van der Waals surface area contributed by atoms with E-state index in [1.807, 2.05) is 0 Å². The fourth-order valence-corrected chi connectivity index (χ4v) is 2.97. The van der Waals surface area contributed by atoms with Crippen LogP contribution in [0.15, 0.2) is 0 Å². The van der Waals surface area contributed by atoms with Crippen molar-refractivity contribution in [3.05, 3.63) is 0 Å². The lowest BCUT2D eigenvalue weighted by Gasteiger charge is -2.18. The minimum absolute atomic E-state index is 0.0861. The van der Waals surface area contributed by atoms with Gasteiger partial charge < -0.3 is 5.11 Å². The van der Waals surface area contributed by atoms with Crippen LogP contribution in [0, 0.1) is 11.3 Å². The number of carboxylic acid groups (broad SMARTS) is 1. The fraction of sp³-hybridized carbons (Fsp3) is 0.941. The molecule has 0 aromatic carbocycles. The van der Waals surface area contributed by atoms with Gasteiger partial charge in [-0.3, -0.25) is 4.79 Å². The van der Waals surface area contributed by atoms with E-state index in [1.165, 1.54) is 51.4 Å². The molecule has 1 N–H and O–H groups in total. The first-order valence-corrected chi connectivity index (χ1v) is 8.33. The summed E-state index contributed by atoms with van der Waals surface area (Å²) >= 11 is 0. The third-order valence-electron chi connectivity index (χ3n) is 4.77. The van der Waals surface area contributed by atoms with Gasteiger partial charge >= 0.3 is 5.97 Å². The molecule has 0 aromatic heterocycles. The average Bonchev–Trinajstić information content (AvgIpc) is 3.10. The van der Waals surface area contributed by atoms with Crippen molar-refractivity contribution in [3.8, 4) is 0 Å². The Hall–Kier alpha value is -0.530. The SMILES string of the molecule is CCCCCCCCCCCC(C(=O)O)C1(C)CC1. The number of aliphatic carboxylic acids is 1. The molecule has 1 unspecified atom stereocenters. The van der Waals surface area contributed by atoms with E-state index in [-0.39, 0.29) is 11.3 Å². The van der Waals surface area contributed by atoms with Gasteiger partial charge in [-0.2, -0.15) is 0 Å². The highest BCUT2D eigenvalue weighted by molar-refractivity contribution is 5.71. The standard InChI is InChI=1S/C17H32O2/c1-3-4-5-6-7-8-9-10-11-12-15(16(18)19)17(2)13-14-17/h15H,3-14H2,1-2H3,(H,18,19). The first-order chi connectivity index (χ1) is 9.10. The van der Waals surface area contributed by atoms with E-state index in [9.17, 15) is 9.90 Å². The summed E-state index contributed by atoms with van der Waals surface area (Å²) in [7, 11) is 0. The van der Waals surface area contributed by atoms with Crippen LogP contribution >= 0.6 is 0 Å². The zero-order valence-electron chi connectivity index (χ0n) is 12.9. The smallest absolute Gasteiger partial charge is 0.307 e. The lowest BCUT2D eigenvalue weighted by Crippen LogP contribution is -2.22. The van der Waals surface area contributed by atoms with E-state index >= 15 is 0 Å². The number of carboxylic acids is 1. The van der Waals surface area contributed by atoms with Crippen molar-refractivity contribution in [2.75, 3.05) is 0 Å². The van der Waals surface area contributed by atoms with Crippen LogP contribution in [-0.4, -0.2) is 11.1 Å². The number of carbonyl (C=O) groups is 1. The topological polar surface area (TPSA) is 37.3 Å². The lowest BCUT2D eigenvalue weighted by atomic mass is 9.86. The zero-order chi connectivity index (χ0) is 14.1. The quantitative estimate of drug-likeness (QED) is 0.481. The number of rotatable bonds is 12. The molecule has 0 aliphatic heterocycles. The molecule has 1 fully saturated rings. The summed E-state index contributed by atoms with van der Waals surface area (Å²) in [6.45, 7) is 4.39. The maximum atomic E-state index is 11.3. The van der Waals surface area contributed by atoms with E-state index in [2.05, 4.69) is 13.8 Å². The van der Waals surface area contributed by atoms with Crippen molar-refractivity contribution in [1.82, 2.24) is 0 Å². The van der Waals surface area contributed by atoms with Gasteiger partial charge in [0.2, 0.25) is 0 Å². The van der Waals surface area contributed by atoms with E-state index in [0.29, 0.717) is 0 Å². The van der Waals surface area contributed by atoms with E-state index in [4.69, 9.17) is 0 Å². The van der Waals surface area contributed by atoms with Crippen LogP contribution in [0.3, 0.4) is 0 Å². The van der Waals surface area contributed by atoms with Crippen LogP contribution in [0.4, 0.5) is 0 Å². The van der Waals surface area contributed by atoms with Crippen LogP contribution in [0.1, 0.15) is 90.9 Å². The largest absolute Gasteiger partial charge is 0.481 e. The first kappa shape index (κ1) is 16.5. The van der Waals surface area contributed by atoms with E-state index < -0.39 is 5.97 Å². The summed E-state index contributed by atoms with van der Waals surface area (Å²) in [5.74, 6) is -0.656. The third kappa shape index (κ3) is 6.44. The van der Waals surface area contributed by atoms with Gasteiger partial charge in [0.1, 0.15) is 0 Å². The molecule has 112 valence electrons. The number of hydrogen-bond donors (Lipinski definition) is 1. The van der Waals surface area contributed by atoms with Gasteiger partial charge in [-0.05, 0) is 24.7 Å². The van der Waals surface area contributed by atoms with E-state index in [0.717, 1.165) is 25.7 Å². The van der Waals surface area contributed by atoms with Crippen LogP contribution in [-0.2, 0) is 4.79 Å². The Kier molecular flexibility index (Phi) is 7.48. The molecule has 0 saturated heterocycles. The molecular weight excluding hydrogens is 236 g/mol. The van der Waals surface area contributed by atoms with Crippen molar-refractivity contribution in [2.45, 2.75) is 90.9 Å². The monoisotopic (exact) mass is 268 g/mol. The Morgan fingerprint density at radius 2 is 1.47 bits per heavy atom. The Morgan fingerprint density at radius 1 is 1.00 bits per heavy atom.